The number of nitrogens with zero attached hydrogens (tertiary/aromatic N) is 2. The summed E-state index contributed by atoms with van der Waals surface area (Å²) in [6, 6.07) is 20.6. The highest BCUT2D eigenvalue weighted by Gasteiger charge is 2.15. The van der Waals surface area contributed by atoms with E-state index in [-0.39, 0.29) is 0 Å². The van der Waals surface area contributed by atoms with Crippen LogP contribution in [0.3, 0.4) is 0 Å². The number of benzene rings is 3. The van der Waals surface area contributed by atoms with Gasteiger partial charge >= 0.3 is 5.63 Å². The van der Waals surface area contributed by atoms with Crippen LogP contribution in [0.5, 0.6) is 0 Å². The summed E-state index contributed by atoms with van der Waals surface area (Å²) in [6.45, 7) is 0. The maximum atomic E-state index is 12.7. The van der Waals surface area contributed by atoms with E-state index in [1.807, 2.05) is 30.3 Å². The molecule has 160 valence electrons. The van der Waals surface area contributed by atoms with E-state index in [1.165, 1.54) is 11.3 Å². The second kappa shape index (κ2) is 8.72. The Kier molecular flexibility index (Phi) is 5.61. The standard InChI is InChI=1S/C25H13Cl2N3O2S/c26-20-7-6-16(9-21(20)27)29-12-15(11-28)24-30-22(13-33-24)19-10-18-17-4-2-1-3-14(17)5-8-23(18)32-25(19)31/h1-10,12-13,29H. The quantitative estimate of drug-likeness (QED) is 0.162. The summed E-state index contributed by atoms with van der Waals surface area (Å²) in [5, 5.41) is 18.6. The minimum Gasteiger partial charge on any atom is -0.422 e. The van der Waals surface area contributed by atoms with Gasteiger partial charge in [-0.25, -0.2) is 9.78 Å². The summed E-state index contributed by atoms with van der Waals surface area (Å²) in [4.78, 5) is 17.2. The van der Waals surface area contributed by atoms with Gasteiger partial charge in [-0.3, -0.25) is 0 Å². The smallest absolute Gasteiger partial charge is 0.345 e. The van der Waals surface area contributed by atoms with Gasteiger partial charge in [-0.05, 0) is 41.1 Å². The molecule has 5 aromatic rings. The topological polar surface area (TPSA) is 78.9 Å². The number of aromatic nitrogens is 1. The number of thiazole rings is 1. The first-order valence-corrected chi connectivity index (χ1v) is 11.4. The minimum absolute atomic E-state index is 0.313. The number of nitriles is 1. The molecule has 1 N–H and O–H groups in total. The third-order valence-electron chi connectivity index (χ3n) is 5.08. The Morgan fingerprint density at radius 1 is 1.06 bits per heavy atom. The first-order valence-electron chi connectivity index (χ1n) is 9.77. The van der Waals surface area contributed by atoms with Gasteiger partial charge < -0.3 is 9.73 Å². The normalized spacial score (nSPS) is 11.6. The van der Waals surface area contributed by atoms with E-state index >= 15 is 0 Å². The molecule has 0 radical (unpaired) electrons. The molecule has 0 aliphatic heterocycles. The monoisotopic (exact) mass is 489 g/mol. The average molecular weight is 490 g/mol. The van der Waals surface area contributed by atoms with Gasteiger partial charge in [-0.2, -0.15) is 5.26 Å². The number of rotatable bonds is 4. The first kappa shape index (κ1) is 21.2. The van der Waals surface area contributed by atoms with Crippen molar-refractivity contribution in [3.8, 4) is 17.3 Å². The summed E-state index contributed by atoms with van der Waals surface area (Å²) in [6.07, 6.45) is 1.54. The maximum Gasteiger partial charge on any atom is 0.345 e. The van der Waals surface area contributed by atoms with Gasteiger partial charge in [-0.15, -0.1) is 11.3 Å². The lowest BCUT2D eigenvalue weighted by atomic mass is 10.0. The molecule has 5 nitrogen and oxygen atoms in total. The summed E-state index contributed by atoms with van der Waals surface area (Å²) < 4.78 is 5.57. The van der Waals surface area contributed by atoms with Gasteiger partial charge in [0.25, 0.3) is 0 Å². The number of hydrogen-bond acceptors (Lipinski definition) is 6. The van der Waals surface area contributed by atoms with Crippen molar-refractivity contribution in [3.63, 3.8) is 0 Å². The highest BCUT2D eigenvalue weighted by atomic mass is 35.5. The molecule has 2 heterocycles. The van der Waals surface area contributed by atoms with Crippen molar-refractivity contribution in [1.29, 1.82) is 5.26 Å². The Bertz CT molecular complexity index is 1660. The van der Waals surface area contributed by atoms with E-state index in [2.05, 4.69) is 16.4 Å². The maximum absolute atomic E-state index is 12.7. The Balaban J connectivity index is 1.52. The van der Waals surface area contributed by atoms with Crippen LogP contribution in [-0.2, 0) is 0 Å². The molecule has 3 aromatic carbocycles. The van der Waals surface area contributed by atoms with E-state index in [4.69, 9.17) is 27.6 Å². The molecule has 0 spiro atoms. The number of hydrogen-bond donors (Lipinski definition) is 1. The van der Waals surface area contributed by atoms with Crippen molar-refractivity contribution in [2.75, 3.05) is 5.32 Å². The van der Waals surface area contributed by atoms with E-state index < -0.39 is 5.63 Å². The SMILES string of the molecule is N#CC(=CNc1ccc(Cl)c(Cl)c1)c1nc(-c2cc3c(ccc4ccccc43)oc2=O)cs1. The van der Waals surface area contributed by atoms with Crippen LogP contribution in [0.4, 0.5) is 5.69 Å². The highest BCUT2D eigenvalue weighted by Crippen LogP contribution is 2.30. The van der Waals surface area contributed by atoms with Crippen LogP contribution in [0, 0.1) is 11.3 Å². The molecule has 2 aromatic heterocycles. The van der Waals surface area contributed by atoms with Gasteiger partial charge in [0.2, 0.25) is 0 Å². The Hall–Kier alpha value is -3.63. The zero-order chi connectivity index (χ0) is 22.9. The van der Waals surface area contributed by atoms with Crippen LogP contribution < -0.4 is 10.9 Å². The van der Waals surface area contributed by atoms with Gasteiger partial charge in [0.15, 0.2) is 0 Å². The molecule has 0 saturated heterocycles. The van der Waals surface area contributed by atoms with E-state index in [0.29, 0.717) is 43.2 Å². The number of allylic oxidation sites excluding steroid dienone is 1. The summed E-state index contributed by atoms with van der Waals surface area (Å²) in [7, 11) is 0. The van der Waals surface area contributed by atoms with Crippen LogP contribution >= 0.6 is 34.5 Å². The van der Waals surface area contributed by atoms with Crippen molar-refractivity contribution in [2.24, 2.45) is 0 Å². The third kappa shape index (κ3) is 4.10. The molecule has 0 aliphatic rings. The van der Waals surface area contributed by atoms with Gasteiger partial charge in [0, 0.05) is 22.7 Å². The molecule has 0 fully saturated rings. The molecular weight excluding hydrogens is 477 g/mol. The lowest BCUT2D eigenvalue weighted by Gasteiger charge is -2.04. The Morgan fingerprint density at radius 3 is 2.73 bits per heavy atom. The molecule has 0 amide bonds. The fourth-order valence-corrected chi connectivity index (χ4v) is 4.54. The predicted molar refractivity (Wildman–Crippen MR) is 135 cm³/mol. The Morgan fingerprint density at radius 2 is 1.91 bits per heavy atom. The zero-order valence-electron chi connectivity index (χ0n) is 16.8. The highest BCUT2D eigenvalue weighted by molar-refractivity contribution is 7.11. The molecule has 0 aliphatic carbocycles. The molecule has 0 saturated carbocycles. The molecule has 33 heavy (non-hydrogen) atoms. The number of halogens is 2. The van der Waals surface area contributed by atoms with E-state index in [9.17, 15) is 10.1 Å². The van der Waals surface area contributed by atoms with Gasteiger partial charge in [0.1, 0.15) is 22.2 Å². The van der Waals surface area contributed by atoms with Crippen molar-refractivity contribution in [3.05, 3.63) is 97.7 Å². The second-order valence-electron chi connectivity index (χ2n) is 7.13. The first-order chi connectivity index (χ1) is 16.0. The lowest BCUT2D eigenvalue weighted by molar-refractivity contribution is 0.563. The van der Waals surface area contributed by atoms with E-state index in [0.717, 1.165) is 16.2 Å². The lowest BCUT2D eigenvalue weighted by Crippen LogP contribution is -2.03. The number of fused-ring (bicyclic) bond motifs is 3. The van der Waals surface area contributed by atoms with E-state index in [1.54, 1.807) is 41.9 Å². The third-order valence-corrected chi connectivity index (χ3v) is 6.69. The van der Waals surface area contributed by atoms with Crippen LogP contribution in [0.15, 0.2) is 81.5 Å². The van der Waals surface area contributed by atoms with Crippen LogP contribution in [0.2, 0.25) is 10.0 Å². The second-order valence-corrected chi connectivity index (χ2v) is 8.80. The van der Waals surface area contributed by atoms with Crippen molar-refractivity contribution >= 4 is 67.5 Å². The summed E-state index contributed by atoms with van der Waals surface area (Å²) in [5.41, 5.74) is 1.82. The van der Waals surface area contributed by atoms with Crippen molar-refractivity contribution in [1.82, 2.24) is 4.98 Å². The van der Waals surface area contributed by atoms with Gasteiger partial charge in [0.05, 0.1) is 21.3 Å². The summed E-state index contributed by atoms with van der Waals surface area (Å²) >= 11 is 13.2. The molecule has 0 unspecified atom stereocenters. The number of nitrogens with one attached hydrogen (secondary N) is 1. The molecule has 0 atom stereocenters. The zero-order valence-corrected chi connectivity index (χ0v) is 19.1. The summed E-state index contributed by atoms with van der Waals surface area (Å²) in [5.74, 6) is 0. The van der Waals surface area contributed by atoms with Gasteiger partial charge in [-0.1, -0.05) is 53.5 Å². The Labute approximate surface area is 202 Å². The fourth-order valence-electron chi connectivity index (χ4n) is 3.45. The number of anilines is 1. The van der Waals surface area contributed by atoms with Crippen molar-refractivity contribution < 1.29 is 4.42 Å². The van der Waals surface area contributed by atoms with Crippen LogP contribution in [0.25, 0.3) is 38.6 Å². The molecule has 5 rings (SSSR count). The van der Waals surface area contributed by atoms with Crippen molar-refractivity contribution in [2.45, 2.75) is 0 Å². The predicted octanol–water partition coefficient (Wildman–Crippen LogP) is 7.35. The van der Waals surface area contributed by atoms with Crippen LogP contribution in [0.1, 0.15) is 5.01 Å². The molecule has 8 heteroatoms. The fraction of sp³-hybridized carbons (Fsp3) is 0. The molecule has 0 bridgehead atoms. The minimum atomic E-state index is -0.481. The average Bonchev–Trinajstić information content (AvgIpc) is 3.31. The van der Waals surface area contributed by atoms with Crippen LogP contribution in [-0.4, -0.2) is 4.98 Å². The largest absolute Gasteiger partial charge is 0.422 e. The molecular formula is C25H13Cl2N3O2S.